The number of rotatable bonds is 6. The third-order valence-electron chi connectivity index (χ3n) is 5.05. The molecule has 2 aromatic carbocycles. The summed E-state index contributed by atoms with van der Waals surface area (Å²) in [6.07, 6.45) is 0. The Morgan fingerprint density at radius 2 is 1.86 bits per heavy atom. The van der Waals surface area contributed by atoms with Gasteiger partial charge in [-0.15, -0.1) is 0 Å². The lowest BCUT2D eigenvalue weighted by Crippen LogP contribution is -2.14. The molecule has 0 spiro atoms. The maximum atomic E-state index is 13.1. The van der Waals surface area contributed by atoms with E-state index in [1.807, 2.05) is 0 Å². The standard InChI is InChI=1S/C24H16F2N4O4S/c1-13-10-21(31)30-24(27-13)35-20(29-30)12-33-22(32)17-11-19(28-18-5-3-2-4-16(17)18)14-6-8-15(9-7-14)34-23(25)26/h2-11,23H,12H2,1H3. The van der Waals surface area contributed by atoms with Gasteiger partial charge in [-0.05, 0) is 43.3 Å². The van der Waals surface area contributed by atoms with Crippen LogP contribution in [0, 0.1) is 6.92 Å². The summed E-state index contributed by atoms with van der Waals surface area (Å²) in [5.74, 6) is -0.581. The van der Waals surface area contributed by atoms with Gasteiger partial charge in [0, 0.05) is 22.7 Å². The molecular formula is C24H16F2N4O4S. The van der Waals surface area contributed by atoms with Crippen molar-refractivity contribution in [3.63, 3.8) is 0 Å². The first-order valence-electron chi connectivity index (χ1n) is 10.4. The molecule has 0 bridgehead atoms. The summed E-state index contributed by atoms with van der Waals surface area (Å²) in [4.78, 5) is 34.4. The second-order valence-electron chi connectivity index (χ2n) is 7.48. The molecule has 0 unspecified atom stereocenters. The van der Waals surface area contributed by atoms with Crippen molar-refractivity contribution in [2.24, 2.45) is 0 Å². The number of carbonyl (C=O) groups excluding carboxylic acids is 1. The third-order valence-corrected chi connectivity index (χ3v) is 5.93. The molecular weight excluding hydrogens is 478 g/mol. The second kappa shape index (κ2) is 9.18. The quantitative estimate of drug-likeness (QED) is 0.318. The predicted molar refractivity (Wildman–Crippen MR) is 125 cm³/mol. The van der Waals surface area contributed by atoms with Gasteiger partial charge in [-0.2, -0.15) is 18.4 Å². The van der Waals surface area contributed by atoms with E-state index in [0.717, 1.165) is 11.3 Å². The van der Waals surface area contributed by atoms with Crippen molar-refractivity contribution in [3.8, 4) is 17.0 Å². The SMILES string of the molecule is Cc1cc(=O)n2nc(COC(=O)c3cc(-c4ccc(OC(F)F)cc4)nc4ccccc34)sc2n1. The van der Waals surface area contributed by atoms with Crippen molar-refractivity contribution >= 4 is 33.2 Å². The molecule has 35 heavy (non-hydrogen) atoms. The normalized spacial score (nSPS) is 11.3. The Balaban J connectivity index is 1.44. The van der Waals surface area contributed by atoms with Gasteiger partial charge >= 0.3 is 12.6 Å². The summed E-state index contributed by atoms with van der Waals surface area (Å²) >= 11 is 1.16. The fourth-order valence-electron chi connectivity index (χ4n) is 3.52. The van der Waals surface area contributed by atoms with Gasteiger partial charge in [0.1, 0.15) is 12.4 Å². The lowest BCUT2D eigenvalue weighted by Gasteiger charge is -2.10. The van der Waals surface area contributed by atoms with Gasteiger partial charge in [-0.3, -0.25) is 4.79 Å². The number of para-hydroxylation sites is 1. The van der Waals surface area contributed by atoms with E-state index in [1.54, 1.807) is 49.4 Å². The average Bonchev–Trinajstić information content (AvgIpc) is 3.25. The van der Waals surface area contributed by atoms with Gasteiger partial charge < -0.3 is 9.47 Å². The fraction of sp³-hybridized carbons (Fsp3) is 0.125. The van der Waals surface area contributed by atoms with Crippen molar-refractivity contribution in [2.75, 3.05) is 0 Å². The molecule has 11 heteroatoms. The average molecular weight is 494 g/mol. The Kier molecular flexibility index (Phi) is 5.91. The summed E-state index contributed by atoms with van der Waals surface area (Å²) in [7, 11) is 0. The van der Waals surface area contributed by atoms with Crippen LogP contribution >= 0.6 is 11.3 Å². The zero-order chi connectivity index (χ0) is 24.5. The Bertz CT molecular complexity index is 1620. The van der Waals surface area contributed by atoms with Crippen molar-refractivity contribution in [3.05, 3.63) is 87.3 Å². The fourth-order valence-corrected chi connectivity index (χ4v) is 4.38. The highest BCUT2D eigenvalue weighted by Gasteiger charge is 2.17. The van der Waals surface area contributed by atoms with Crippen LogP contribution < -0.4 is 10.3 Å². The highest BCUT2D eigenvalue weighted by molar-refractivity contribution is 7.16. The van der Waals surface area contributed by atoms with Gasteiger partial charge in [-0.25, -0.2) is 14.8 Å². The Labute approximate surface area is 200 Å². The van der Waals surface area contributed by atoms with Crippen LogP contribution in [0.25, 0.3) is 27.1 Å². The van der Waals surface area contributed by atoms with Crippen molar-refractivity contribution in [1.82, 2.24) is 19.6 Å². The molecule has 3 heterocycles. The molecule has 0 fully saturated rings. The van der Waals surface area contributed by atoms with Crippen LogP contribution in [0.2, 0.25) is 0 Å². The first kappa shape index (κ1) is 22.5. The number of hydrogen-bond donors (Lipinski definition) is 0. The number of nitrogens with zero attached hydrogens (tertiary/aromatic N) is 4. The maximum absolute atomic E-state index is 13.1. The van der Waals surface area contributed by atoms with Crippen LogP contribution in [-0.2, 0) is 11.3 Å². The monoisotopic (exact) mass is 494 g/mol. The Hall–Kier alpha value is -4.25. The minimum atomic E-state index is -2.92. The van der Waals surface area contributed by atoms with Crippen molar-refractivity contribution < 1.29 is 23.0 Å². The van der Waals surface area contributed by atoms with Gasteiger partial charge in [0.05, 0.1) is 16.8 Å². The van der Waals surface area contributed by atoms with Crippen molar-refractivity contribution in [2.45, 2.75) is 20.1 Å². The predicted octanol–water partition coefficient (Wildman–Crippen LogP) is 4.63. The van der Waals surface area contributed by atoms with Gasteiger partial charge in [0.2, 0.25) is 4.96 Å². The van der Waals surface area contributed by atoms with Crippen molar-refractivity contribution in [1.29, 1.82) is 0 Å². The molecule has 0 amide bonds. The molecule has 0 aliphatic carbocycles. The number of ether oxygens (including phenoxy) is 2. The topological polar surface area (TPSA) is 95.7 Å². The number of benzene rings is 2. The molecule has 0 saturated heterocycles. The molecule has 5 rings (SSSR count). The number of aryl methyl sites for hydroxylation is 1. The molecule has 0 radical (unpaired) electrons. The van der Waals surface area contributed by atoms with E-state index in [2.05, 4.69) is 19.8 Å². The maximum Gasteiger partial charge on any atom is 0.387 e. The summed E-state index contributed by atoms with van der Waals surface area (Å²) in [5, 5.41) is 5.19. The van der Waals surface area contributed by atoms with E-state index in [9.17, 15) is 18.4 Å². The summed E-state index contributed by atoms with van der Waals surface area (Å²) in [6.45, 7) is -1.35. The van der Waals surface area contributed by atoms with Crippen LogP contribution in [-0.4, -0.2) is 32.2 Å². The van der Waals surface area contributed by atoms with Crippen LogP contribution in [0.4, 0.5) is 8.78 Å². The van der Waals surface area contributed by atoms with Gasteiger partial charge in [0.25, 0.3) is 5.56 Å². The Morgan fingerprint density at radius 3 is 2.63 bits per heavy atom. The first-order valence-corrected chi connectivity index (χ1v) is 11.2. The first-order chi connectivity index (χ1) is 16.9. The van der Waals surface area contributed by atoms with Crippen LogP contribution in [0.3, 0.4) is 0 Å². The second-order valence-corrected chi connectivity index (χ2v) is 8.52. The number of fused-ring (bicyclic) bond motifs is 2. The number of esters is 1. The summed E-state index contributed by atoms with van der Waals surface area (Å²) in [6, 6.07) is 16.0. The molecule has 3 aromatic heterocycles. The van der Waals surface area contributed by atoms with E-state index in [1.165, 1.54) is 22.7 Å². The Morgan fingerprint density at radius 1 is 1.09 bits per heavy atom. The van der Waals surface area contributed by atoms with Crippen LogP contribution in [0.5, 0.6) is 5.75 Å². The minimum Gasteiger partial charge on any atom is -0.455 e. The summed E-state index contributed by atoms with van der Waals surface area (Å²) in [5.41, 5.74) is 2.19. The van der Waals surface area contributed by atoms with Crippen LogP contribution in [0.1, 0.15) is 21.1 Å². The van der Waals surface area contributed by atoms with Crippen LogP contribution in [0.15, 0.2) is 65.5 Å². The zero-order valence-electron chi connectivity index (χ0n) is 18.1. The molecule has 5 aromatic rings. The molecule has 8 nitrogen and oxygen atoms in total. The van der Waals surface area contributed by atoms with E-state index < -0.39 is 12.6 Å². The van der Waals surface area contributed by atoms with Gasteiger partial charge in [0.15, 0.2) is 5.01 Å². The number of hydrogen-bond acceptors (Lipinski definition) is 8. The molecule has 176 valence electrons. The molecule has 0 atom stereocenters. The number of alkyl halides is 2. The molecule has 0 aliphatic rings. The smallest absolute Gasteiger partial charge is 0.387 e. The van der Waals surface area contributed by atoms with Gasteiger partial charge in [-0.1, -0.05) is 29.5 Å². The summed E-state index contributed by atoms with van der Waals surface area (Å²) < 4.78 is 36.0. The number of aromatic nitrogens is 4. The minimum absolute atomic E-state index is 0.0174. The van der Waals surface area contributed by atoms with E-state index in [-0.39, 0.29) is 23.5 Å². The third kappa shape index (κ3) is 4.71. The number of pyridine rings is 1. The highest BCUT2D eigenvalue weighted by atomic mass is 32.1. The number of carbonyl (C=O) groups is 1. The lowest BCUT2D eigenvalue weighted by atomic mass is 10.0. The largest absolute Gasteiger partial charge is 0.455 e. The molecule has 0 saturated carbocycles. The molecule has 0 aliphatic heterocycles. The zero-order valence-corrected chi connectivity index (χ0v) is 19.0. The number of halogens is 2. The van der Waals surface area contributed by atoms with E-state index in [4.69, 9.17) is 4.74 Å². The lowest BCUT2D eigenvalue weighted by molar-refractivity contribution is -0.0498. The van der Waals surface area contributed by atoms with E-state index >= 15 is 0 Å². The van der Waals surface area contributed by atoms with E-state index in [0.29, 0.717) is 37.8 Å². The molecule has 0 N–H and O–H groups in total. The highest BCUT2D eigenvalue weighted by Crippen LogP contribution is 2.27.